The quantitative estimate of drug-likeness (QED) is 0.768. The molecule has 6 nitrogen and oxygen atoms in total. The molecule has 0 spiro atoms. The van der Waals surface area contributed by atoms with E-state index in [-0.39, 0.29) is 17.7 Å². The number of nitrogens with one attached hydrogen (secondary N) is 2. The number of aryl methyl sites for hydroxylation is 1. The van der Waals surface area contributed by atoms with E-state index >= 15 is 0 Å². The molecule has 0 aromatic carbocycles. The predicted molar refractivity (Wildman–Crippen MR) is 86.8 cm³/mol. The molecule has 1 aromatic heterocycles. The van der Waals surface area contributed by atoms with Crippen LogP contribution in [0.4, 0.5) is 0 Å². The van der Waals surface area contributed by atoms with Gasteiger partial charge in [-0.2, -0.15) is 5.10 Å². The molecule has 1 aliphatic heterocycles. The predicted octanol–water partition coefficient (Wildman–Crippen LogP) is 0.982. The van der Waals surface area contributed by atoms with Gasteiger partial charge < -0.3 is 10.2 Å². The van der Waals surface area contributed by atoms with Gasteiger partial charge in [0, 0.05) is 38.2 Å². The number of hydrogen-bond donors (Lipinski definition) is 2. The Bertz CT molecular complexity index is 608. The Balaban J connectivity index is 1.47. The zero-order chi connectivity index (χ0) is 16.2. The van der Waals surface area contributed by atoms with E-state index < -0.39 is 0 Å². The van der Waals surface area contributed by atoms with Gasteiger partial charge in [-0.05, 0) is 31.2 Å². The van der Waals surface area contributed by atoms with Crippen LogP contribution in [0.3, 0.4) is 0 Å². The Kier molecular flexibility index (Phi) is 4.79. The molecule has 1 fully saturated rings. The van der Waals surface area contributed by atoms with E-state index in [0.717, 1.165) is 25.0 Å². The van der Waals surface area contributed by atoms with Crippen LogP contribution in [-0.4, -0.2) is 46.5 Å². The number of amides is 2. The summed E-state index contributed by atoms with van der Waals surface area (Å²) in [5, 5.41) is 10.5. The maximum Gasteiger partial charge on any atom is 0.225 e. The maximum atomic E-state index is 12.2. The lowest BCUT2D eigenvalue weighted by Crippen LogP contribution is -2.34. The number of H-pyrrole nitrogens is 1. The molecular formula is C17H24N4O2. The number of carbonyl (C=O) groups is 2. The van der Waals surface area contributed by atoms with E-state index in [9.17, 15) is 9.59 Å². The zero-order valence-corrected chi connectivity index (χ0v) is 13.4. The SMILES string of the molecule is C=CCN1CC(C(=O)NCCc2n[nH]c3c2CCCC3)CC1=O. The zero-order valence-electron chi connectivity index (χ0n) is 13.4. The van der Waals surface area contributed by atoms with Gasteiger partial charge >= 0.3 is 0 Å². The smallest absolute Gasteiger partial charge is 0.225 e. The minimum Gasteiger partial charge on any atom is -0.355 e. The van der Waals surface area contributed by atoms with Gasteiger partial charge in [0.05, 0.1) is 11.6 Å². The van der Waals surface area contributed by atoms with Crippen LogP contribution in [0.5, 0.6) is 0 Å². The molecule has 2 heterocycles. The topological polar surface area (TPSA) is 78.1 Å². The molecule has 124 valence electrons. The summed E-state index contributed by atoms with van der Waals surface area (Å²) in [6.45, 7) is 5.22. The fourth-order valence-electron chi connectivity index (χ4n) is 3.48. The molecule has 1 atom stereocenters. The molecule has 0 saturated carbocycles. The molecule has 1 saturated heterocycles. The van der Waals surface area contributed by atoms with Crippen molar-refractivity contribution < 1.29 is 9.59 Å². The van der Waals surface area contributed by atoms with E-state index in [2.05, 4.69) is 22.1 Å². The van der Waals surface area contributed by atoms with Crippen molar-refractivity contribution in [3.8, 4) is 0 Å². The van der Waals surface area contributed by atoms with Gasteiger partial charge in [-0.15, -0.1) is 6.58 Å². The average Bonchev–Trinajstić information content (AvgIpc) is 3.12. The lowest BCUT2D eigenvalue weighted by molar-refractivity contribution is -0.128. The second kappa shape index (κ2) is 6.98. The highest BCUT2D eigenvalue weighted by molar-refractivity contribution is 5.89. The molecule has 0 radical (unpaired) electrons. The summed E-state index contributed by atoms with van der Waals surface area (Å²) in [4.78, 5) is 25.7. The first kappa shape index (κ1) is 15.8. The summed E-state index contributed by atoms with van der Waals surface area (Å²) in [6, 6.07) is 0. The number of carbonyl (C=O) groups excluding carboxylic acids is 2. The van der Waals surface area contributed by atoms with Crippen LogP contribution < -0.4 is 5.32 Å². The monoisotopic (exact) mass is 316 g/mol. The second-order valence-corrected chi connectivity index (χ2v) is 6.36. The number of hydrogen-bond acceptors (Lipinski definition) is 3. The van der Waals surface area contributed by atoms with Crippen LogP contribution in [0, 0.1) is 5.92 Å². The Labute approximate surface area is 136 Å². The third kappa shape index (κ3) is 3.46. The molecule has 1 aromatic rings. The first-order chi connectivity index (χ1) is 11.2. The molecule has 0 bridgehead atoms. The lowest BCUT2D eigenvalue weighted by Gasteiger charge is -2.14. The van der Waals surface area contributed by atoms with Crippen molar-refractivity contribution in [3.63, 3.8) is 0 Å². The second-order valence-electron chi connectivity index (χ2n) is 6.36. The van der Waals surface area contributed by atoms with Gasteiger partial charge in [-0.1, -0.05) is 6.08 Å². The van der Waals surface area contributed by atoms with E-state index in [4.69, 9.17) is 0 Å². The Morgan fingerprint density at radius 2 is 2.26 bits per heavy atom. The van der Waals surface area contributed by atoms with E-state index in [1.54, 1.807) is 11.0 Å². The molecule has 23 heavy (non-hydrogen) atoms. The highest BCUT2D eigenvalue weighted by atomic mass is 16.2. The first-order valence-corrected chi connectivity index (χ1v) is 8.40. The summed E-state index contributed by atoms with van der Waals surface area (Å²) < 4.78 is 0. The van der Waals surface area contributed by atoms with Crippen LogP contribution in [-0.2, 0) is 28.9 Å². The van der Waals surface area contributed by atoms with Gasteiger partial charge in [-0.3, -0.25) is 14.7 Å². The van der Waals surface area contributed by atoms with Crippen LogP contribution in [0.15, 0.2) is 12.7 Å². The molecular weight excluding hydrogens is 292 g/mol. The van der Waals surface area contributed by atoms with Crippen molar-refractivity contribution in [2.24, 2.45) is 5.92 Å². The number of aromatic amines is 1. The van der Waals surface area contributed by atoms with E-state index in [1.165, 1.54) is 24.1 Å². The number of nitrogens with zero attached hydrogens (tertiary/aromatic N) is 2. The van der Waals surface area contributed by atoms with Crippen LogP contribution in [0.25, 0.3) is 0 Å². The normalized spacial score (nSPS) is 20.4. The molecule has 2 N–H and O–H groups in total. The number of likely N-dealkylation sites (tertiary alicyclic amines) is 1. The molecule has 2 amide bonds. The first-order valence-electron chi connectivity index (χ1n) is 8.40. The number of fused-ring (bicyclic) bond motifs is 1. The van der Waals surface area contributed by atoms with E-state index in [0.29, 0.717) is 26.1 Å². The fourth-order valence-corrected chi connectivity index (χ4v) is 3.48. The van der Waals surface area contributed by atoms with Crippen molar-refractivity contribution in [1.29, 1.82) is 0 Å². The Morgan fingerprint density at radius 3 is 3.09 bits per heavy atom. The largest absolute Gasteiger partial charge is 0.355 e. The highest BCUT2D eigenvalue weighted by Gasteiger charge is 2.33. The summed E-state index contributed by atoms with van der Waals surface area (Å²) in [6.07, 6.45) is 7.35. The minimum absolute atomic E-state index is 0.0330. The van der Waals surface area contributed by atoms with Crippen molar-refractivity contribution in [3.05, 3.63) is 29.6 Å². The van der Waals surface area contributed by atoms with Crippen molar-refractivity contribution >= 4 is 11.8 Å². The molecule has 1 aliphatic carbocycles. The highest BCUT2D eigenvalue weighted by Crippen LogP contribution is 2.22. The van der Waals surface area contributed by atoms with Crippen molar-refractivity contribution in [2.45, 2.75) is 38.5 Å². The van der Waals surface area contributed by atoms with Crippen molar-refractivity contribution in [2.75, 3.05) is 19.6 Å². The fraction of sp³-hybridized carbons (Fsp3) is 0.588. The standard InChI is InChI=1S/C17H24N4O2/c1-2-9-21-11-12(10-16(21)22)17(23)18-8-7-15-13-5-3-4-6-14(13)19-20-15/h2,12H,1,3-11H2,(H,18,23)(H,19,20). The minimum atomic E-state index is -0.240. The summed E-state index contributed by atoms with van der Waals surface area (Å²) in [7, 11) is 0. The number of rotatable bonds is 6. The van der Waals surface area contributed by atoms with Gasteiger partial charge in [0.25, 0.3) is 0 Å². The van der Waals surface area contributed by atoms with Gasteiger partial charge in [0.1, 0.15) is 0 Å². The molecule has 3 rings (SSSR count). The summed E-state index contributed by atoms with van der Waals surface area (Å²) in [5.74, 6) is -0.240. The molecule has 1 unspecified atom stereocenters. The molecule has 2 aliphatic rings. The molecule has 6 heteroatoms. The lowest BCUT2D eigenvalue weighted by atomic mass is 9.95. The average molecular weight is 316 g/mol. The van der Waals surface area contributed by atoms with Gasteiger partial charge in [-0.25, -0.2) is 0 Å². The Hall–Kier alpha value is -2.11. The van der Waals surface area contributed by atoms with Crippen LogP contribution >= 0.6 is 0 Å². The third-order valence-corrected chi connectivity index (χ3v) is 4.74. The van der Waals surface area contributed by atoms with Crippen molar-refractivity contribution in [1.82, 2.24) is 20.4 Å². The number of aromatic nitrogens is 2. The summed E-state index contributed by atoms with van der Waals surface area (Å²) >= 11 is 0. The summed E-state index contributed by atoms with van der Waals surface area (Å²) in [5.41, 5.74) is 3.69. The van der Waals surface area contributed by atoms with E-state index in [1.807, 2.05) is 0 Å². The van der Waals surface area contributed by atoms with Crippen LogP contribution in [0.1, 0.15) is 36.2 Å². The van der Waals surface area contributed by atoms with Gasteiger partial charge in [0.15, 0.2) is 0 Å². The maximum absolute atomic E-state index is 12.2. The third-order valence-electron chi connectivity index (χ3n) is 4.74. The Morgan fingerprint density at radius 1 is 1.43 bits per heavy atom. The van der Waals surface area contributed by atoms with Crippen LogP contribution in [0.2, 0.25) is 0 Å². The van der Waals surface area contributed by atoms with Gasteiger partial charge in [0.2, 0.25) is 11.8 Å².